The third kappa shape index (κ3) is 8.18. The summed E-state index contributed by atoms with van der Waals surface area (Å²) in [6.45, 7) is 27.3. The molecule has 10 aromatic rings. The molecule has 3 saturated carbocycles. The monoisotopic (exact) mass is 1330 g/mol. The second-order valence-corrected chi connectivity index (χ2v) is 32.5. The molecule has 99 heavy (non-hydrogen) atoms. The Labute approximate surface area is 568 Å². The van der Waals surface area contributed by atoms with Crippen molar-refractivity contribution in [2.75, 3.05) is 13.2 Å². The second-order valence-electron chi connectivity index (χ2n) is 32.5. The van der Waals surface area contributed by atoms with Crippen molar-refractivity contribution in [3.05, 3.63) is 94.5 Å². The standard InChI is InChI=1S/C74H77N19O6/c1-68(2,3)34-19-17-33(18-20-34)41-40(32-15-13-31(14-16-32)38-29-93(92-91-38)27-28-98-67-55(97)54(96)53(95)39(30-94)99-67)75-45-46(76-41)60-83-59(45)84-61-47-50(80-56-42(77-47)35-21-24-72(56,10)69(35,4)5)65(86-61)88-63-49-52(82-58-44(79-49)37-23-26-74(58,12)71(37,8)9)66(90-63)89-62-48-51(64(85-60)87-62)81-57-43(78-48)36-22-25-73(57,11)70(36,6)7/h13-20,29,35-37,39,53-55,67,94-97H,21-28,30H2,1-12H3,(H2,83,84,85,86,87,88,89,90)/t35?,36?,37?,39-,53+,54+,55-,67-,72?,73?,74?/m1/s1. The number of H-pyrrole nitrogens is 2. The molecule has 6 aliphatic carbocycles. The third-order valence-electron chi connectivity index (χ3n) is 25.9. The van der Waals surface area contributed by atoms with Gasteiger partial charge in [-0.05, 0) is 65.7 Å². The van der Waals surface area contributed by atoms with Gasteiger partial charge >= 0.3 is 0 Å². The number of rotatable bonds is 8. The van der Waals surface area contributed by atoms with Crippen molar-refractivity contribution in [1.29, 1.82) is 0 Å². The van der Waals surface area contributed by atoms with E-state index >= 15 is 0 Å². The molecule has 4 fully saturated rings. The summed E-state index contributed by atoms with van der Waals surface area (Å²) < 4.78 is 12.9. The van der Waals surface area contributed by atoms with Crippen molar-refractivity contribution in [2.24, 2.45) is 16.2 Å². The van der Waals surface area contributed by atoms with Crippen molar-refractivity contribution in [1.82, 2.24) is 94.7 Å². The summed E-state index contributed by atoms with van der Waals surface area (Å²) in [5, 5.41) is 49.7. The molecule has 6 N–H and O–H groups in total. The summed E-state index contributed by atoms with van der Waals surface area (Å²) in [4.78, 5) is 84.9. The molecule has 0 radical (unpaired) electrons. The van der Waals surface area contributed by atoms with Crippen molar-refractivity contribution in [2.45, 2.75) is 198 Å². The summed E-state index contributed by atoms with van der Waals surface area (Å²) in [7, 11) is 0. The summed E-state index contributed by atoms with van der Waals surface area (Å²) in [5.74, 6) is 1.81. The Morgan fingerprint density at radius 2 is 0.899 bits per heavy atom. The molecular formula is C74H77N19O6. The molecule has 504 valence electrons. The molecular weight excluding hydrogens is 1250 g/mol. The fourth-order valence-electron chi connectivity index (χ4n) is 18.5. The van der Waals surface area contributed by atoms with Crippen molar-refractivity contribution >= 4 is 44.7 Å². The Morgan fingerprint density at radius 3 is 1.36 bits per heavy atom. The van der Waals surface area contributed by atoms with E-state index < -0.39 is 37.3 Å². The minimum absolute atomic E-state index is 0.0159. The summed E-state index contributed by atoms with van der Waals surface area (Å²) in [6.07, 6.45) is 0.816. The summed E-state index contributed by atoms with van der Waals surface area (Å²) in [5.41, 5.74) is 15.5. The molecule has 11 heterocycles. The molecule has 25 heteroatoms. The fraction of sp³-hybridized carbons (Fsp3) is 0.486. The number of aromatic amines is 2. The number of aliphatic hydroxyl groups is 4. The van der Waals surface area contributed by atoms with E-state index in [1.807, 2.05) is 24.3 Å². The quantitative estimate of drug-likeness (QED) is 0.0823. The van der Waals surface area contributed by atoms with Crippen molar-refractivity contribution in [3.8, 4) is 79.8 Å². The molecule has 3 aliphatic heterocycles. The van der Waals surface area contributed by atoms with Gasteiger partial charge in [0.1, 0.15) is 75.0 Å². The number of hydrogen-bond donors (Lipinski definition) is 6. The Kier molecular flexibility index (Phi) is 12.4. The van der Waals surface area contributed by atoms with Crippen LogP contribution in [-0.2, 0) is 37.7 Å². The van der Waals surface area contributed by atoms with Crippen LogP contribution in [0, 0.1) is 16.2 Å². The van der Waals surface area contributed by atoms with E-state index in [0.717, 1.165) is 94.9 Å². The van der Waals surface area contributed by atoms with Crippen LogP contribution < -0.4 is 0 Å². The second kappa shape index (κ2) is 20.1. The Bertz CT molecular complexity index is 5370. The van der Waals surface area contributed by atoms with Gasteiger partial charge in [-0.2, -0.15) is 0 Å². The van der Waals surface area contributed by atoms with Gasteiger partial charge in [-0.3, -0.25) is 0 Å². The minimum Gasteiger partial charge on any atom is -0.394 e. The lowest BCUT2D eigenvalue weighted by Crippen LogP contribution is -2.59. The van der Waals surface area contributed by atoms with Crippen molar-refractivity contribution in [3.63, 3.8) is 0 Å². The number of nitrogens with one attached hydrogen (secondary N) is 2. The molecule has 9 aliphatic rings. The van der Waals surface area contributed by atoms with Crippen LogP contribution in [0.5, 0.6) is 0 Å². The number of ether oxygens (including phenoxy) is 2. The maximum absolute atomic E-state index is 10.6. The van der Waals surface area contributed by atoms with E-state index in [-0.39, 0.29) is 68.8 Å². The zero-order valence-electron chi connectivity index (χ0n) is 57.4. The number of hydrogen-bond acceptors (Lipinski definition) is 22. The normalized spacial score (nSPS) is 28.2. The average Bonchev–Trinajstić information content (AvgIpc) is 1.54. The van der Waals surface area contributed by atoms with Gasteiger partial charge in [0.2, 0.25) is 0 Å². The number of nitrogens with zero attached hydrogens (tertiary/aromatic N) is 17. The predicted octanol–water partition coefficient (Wildman–Crippen LogP) is 10.3. The molecule has 19 rings (SSSR count). The maximum Gasteiger partial charge on any atom is 0.186 e. The molecule has 0 amide bonds. The Morgan fingerprint density at radius 1 is 0.485 bits per heavy atom. The summed E-state index contributed by atoms with van der Waals surface area (Å²) in [6, 6.07) is 16.3. The number of aromatic nitrogens is 19. The number of benzene rings is 2. The SMILES string of the molecule is CC(C)(C)c1ccc(-c2nc3c4nc5nc(nc6[nH]c(nc7nc(nc([nH]4)c3nc2-c2ccc(-c3cn(CCO[C@@H]4O[C@H](CO)[C@H](O)[C@H](O)[C@H]4O)nn3)cc2)-c2nc3c(nc2-7)C2(C)CCC3C2(C)C)c2nc3c(nc62)C2(C)CCC3C2(C)C)-c2nc3c(nc2-5)C2(C)CCC3C2(C)C)cc1. The van der Waals surface area contributed by atoms with Crippen LogP contribution >= 0.6 is 0 Å². The zero-order valence-corrected chi connectivity index (χ0v) is 57.4. The highest BCUT2D eigenvalue weighted by molar-refractivity contribution is 6.03. The molecule has 1 saturated heterocycles. The van der Waals surface area contributed by atoms with Gasteiger partial charge in [0.05, 0.1) is 71.5 Å². The molecule has 11 atom stereocenters. The van der Waals surface area contributed by atoms with E-state index in [4.69, 9.17) is 79.2 Å². The first kappa shape index (κ1) is 61.1. The highest BCUT2D eigenvalue weighted by Gasteiger charge is 2.64. The lowest BCUT2D eigenvalue weighted by Gasteiger charge is -2.39. The van der Waals surface area contributed by atoms with E-state index in [0.29, 0.717) is 108 Å². The van der Waals surface area contributed by atoms with Crippen LogP contribution in [0.4, 0.5) is 0 Å². The first-order valence-electron chi connectivity index (χ1n) is 34.7. The van der Waals surface area contributed by atoms with E-state index in [2.05, 4.69) is 128 Å². The van der Waals surface area contributed by atoms with Crippen LogP contribution in [0.3, 0.4) is 0 Å². The molecule has 14 bridgehead atoms. The van der Waals surface area contributed by atoms with Crippen LogP contribution in [0.15, 0.2) is 54.7 Å². The number of fused-ring (bicyclic) bond motifs is 35. The van der Waals surface area contributed by atoms with Crippen LogP contribution in [0.25, 0.3) is 125 Å². The average molecular weight is 1330 g/mol. The predicted molar refractivity (Wildman–Crippen MR) is 366 cm³/mol. The lowest BCUT2D eigenvalue weighted by molar-refractivity contribution is -0.301. The summed E-state index contributed by atoms with van der Waals surface area (Å²) >= 11 is 0. The molecule has 2 aromatic carbocycles. The van der Waals surface area contributed by atoms with Gasteiger partial charge in [-0.15, -0.1) is 5.10 Å². The van der Waals surface area contributed by atoms with E-state index in [1.165, 1.54) is 0 Å². The van der Waals surface area contributed by atoms with Gasteiger partial charge in [0.15, 0.2) is 52.2 Å². The molecule has 6 unspecified atom stereocenters. The first-order valence-corrected chi connectivity index (χ1v) is 34.7. The fourth-order valence-corrected chi connectivity index (χ4v) is 18.5. The highest BCUT2D eigenvalue weighted by atomic mass is 16.7. The third-order valence-corrected chi connectivity index (χ3v) is 25.9. The van der Waals surface area contributed by atoms with Gasteiger partial charge in [-0.1, -0.05) is 137 Å². The first-order chi connectivity index (χ1) is 47.2. The van der Waals surface area contributed by atoms with Gasteiger partial charge in [0, 0.05) is 50.7 Å². The van der Waals surface area contributed by atoms with Crippen LogP contribution in [0.1, 0.15) is 179 Å². The lowest BCUT2D eigenvalue weighted by atomic mass is 9.70. The van der Waals surface area contributed by atoms with Crippen LogP contribution in [0.2, 0.25) is 0 Å². The molecule has 8 aromatic heterocycles. The van der Waals surface area contributed by atoms with Gasteiger partial charge in [0.25, 0.3) is 0 Å². The van der Waals surface area contributed by atoms with Gasteiger partial charge in [-0.25, -0.2) is 74.5 Å². The largest absolute Gasteiger partial charge is 0.394 e. The van der Waals surface area contributed by atoms with E-state index in [9.17, 15) is 20.4 Å². The Balaban J connectivity index is 0.832. The highest BCUT2D eigenvalue weighted by Crippen LogP contribution is 2.70. The van der Waals surface area contributed by atoms with Crippen LogP contribution in [-0.4, -0.2) is 159 Å². The minimum atomic E-state index is -1.56. The molecule has 25 nitrogen and oxygen atoms in total. The Hall–Kier alpha value is -8.98. The molecule has 0 spiro atoms. The smallest absolute Gasteiger partial charge is 0.186 e. The van der Waals surface area contributed by atoms with Gasteiger partial charge < -0.3 is 39.9 Å². The topological polar surface area (TPSA) is 342 Å². The number of aliphatic hydroxyl groups excluding tert-OH is 4. The van der Waals surface area contributed by atoms with Crippen molar-refractivity contribution < 1.29 is 29.9 Å². The zero-order chi connectivity index (χ0) is 68.3. The maximum atomic E-state index is 10.6. The van der Waals surface area contributed by atoms with E-state index in [1.54, 1.807) is 10.9 Å².